The molecule has 1 atom stereocenters. The largest absolute Gasteiger partial charge is 0.490 e. The van der Waals surface area contributed by atoms with E-state index < -0.39 is 4.92 Å². The standard InChI is InChI=1S/C19H20N2O4/c1-12-6-3-4-7-14(12)17(13-10-11-13)20-19(22)15-8-5-9-16(21(23)24)18(15)25-2/h3-9,13,17H,10-11H2,1-2H3,(H,20,22). The van der Waals surface area contributed by atoms with Gasteiger partial charge in [0, 0.05) is 6.07 Å². The van der Waals surface area contributed by atoms with E-state index in [1.54, 1.807) is 6.07 Å². The number of nitro benzene ring substituents is 1. The van der Waals surface area contributed by atoms with Gasteiger partial charge in [-0.3, -0.25) is 14.9 Å². The third kappa shape index (κ3) is 3.47. The molecular weight excluding hydrogens is 320 g/mol. The molecule has 6 heteroatoms. The van der Waals surface area contributed by atoms with Gasteiger partial charge in [-0.05, 0) is 42.9 Å². The fraction of sp³-hybridized carbons (Fsp3) is 0.316. The highest BCUT2D eigenvalue weighted by Gasteiger charge is 2.35. The Morgan fingerprint density at radius 1 is 1.24 bits per heavy atom. The lowest BCUT2D eigenvalue weighted by Crippen LogP contribution is -2.30. The Balaban J connectivity index is 1.92. The molecule has 1 unspecified atom stereocenters. The SMILES string of the molecule is COc1c(C(=O)NC(c2ccccc2C)C2CC2)cccc1[N+](=O)[O-]. The summed E-state index contributed by atoms with van der Waals surface area (Å²) in [6, 6.07) is 12.2. The van der Waals surface area contributed by atoms with Crippen molar-refractivity contribution in [3.05, 3.63) is 69.3 Å². The normalized spacial score (nSPS) is 14.6. The van der Waals surface area contributed by atoms with E-state index in [4.69, 9.17) is 4.74 Å². The lowest BCUT2D eigenvalue weighted by Gasteiger charge is -2.21. The zero-order valence-corrected chi connectivity index (χ0v) is 14.2. The average Bonchev–Trinajstić information content (AvgIpc) is 3.44. The van der Waals surface area contributed by atoms with Gasteiger partial charge in [-0.25, -0.2) is 0 Å². The Labute approximate surface area is 146 Å². The molecule has 1 fully saturated rings. The fourth-order valence-electron chi connectivity index (χ4n) is 3.10. The van der Waals surface area contributed by atoms with Crippen molar-refractivity contribution in [2.75, 3.05) is 7.11 Å². The molecule has 0 radical (unpaired) electrons. The summed E-state index contributed by atoms with van der Waals surface area (Å²) >= 11 is 0. The summed E-state index contributed by atoms with van der Waals surface area (Å²) in [5.74, 6) is 0.0276. The minimum Gasteiger partial charge on any atom is -0.490 e. The number of carbonyl (C=O) groups excluding carboxylic acids is 1. The quantitative estimate of drug-likeness (QED) is 0.641. The van der Waals surface area contributed by atoms with E-state index in [2.05, 4.69) is 5.32 Å². The van der Waals surface area contributed by atoms with Crippen molar-refractivity contribution < 1.29 is 14.5 Å². The number of amides is 1. The van der Waals surface area contributed by atoms with Gasteiger partial charge in [0.15, 0.2) is 0 Å². The third-order valence-corrected chi connectivity index (χ3v) is 4.54. The maximum atomic E-state index is 12.8. The van der Waals surface area contributed by atoms with Crippen molar-refractivity contribution in [3.63, 3.8) is 0 Å². The van der Waals surface area contributed by atoms with Crippen LogP contribution < -0.4 is 10.1 Å². The first kappa shape index (κ1) is 17.0. The van der Waals surface area contributed by atoms with Gasteiger partial charge in [0.25, 0.3) is 5.91 Å². The molecule has 0 heterocycles. The van der Waals surface area contributed by atoms with Crippen molar-refractivity contribution in [2.45, 2.75) is 25.8 Å². The van der Waals surface area contributed by atoms with E-state index >= 15 is 0 Å². The van der Waals surface area contributed by atoms with Crippen LogP contribution in [0.1, 0.15) is 40.4 Å². The van der Waals surface area contributed by atoms with Gasteiger partial charge < -0.3 is 10.1 Å². The van der Waals surface area contributed by atoms with Crippen molar-refractivity contribution in [2.24, 2.45) is 5.92 Å². The Hall–Kier alpha value is -2.89. The van der Waals surface area contributed by atoms with Crippen LogP contribution in [0.3, 0.4) is 0 Å². The zero-order chi connectivity index (χ0) is 18.0. The first-order chi connectivity index (χ1) is 12.0. The minimum absolute atomic E-state index is 0.00988. The molecule has 3 rings (SSSR count). The summed E-state index contributed by atoms with van der Waals surface area (Å²) in [7, 11) is 1.33. The van der Waals surface area contributed by atoms with Crippen molar-refractivity contribution in [1.29, 1.82) is 0 Å². The van der Waals surface area contributed by atoms with E-state index in [0.29, 0.717) is 5.92 Å². The highest BCUT2D eigenvalue weighted by atomic mass is 16.6. The number of para-hydroxylation sites is 1. The van der Waals surface area contributed by atoms with Crippen molar-refractivity contribution >= 4 is 11.6 Å². The molecule has 2 aromatic carbocycles. The molecule has 1 amide bonds. The number of benzene rings is 2. The van der Waals surface area contributed by atoms with Crippen LogP contribution in [-0.2, 0) is 0 Å². The molecule has 130 valence electrons. The number of aryl methyl sites for hydroxylation is 1. The van der Waals surface area contributed by atoms with E-state index in [-0.39, 0.29) is 28.9 Å². The van der Waals surface area contributed by atoms with Crippen LogP contribution in [0.15, 0.2) is 42.5 Å². The fourth-order valence-corrected chi connectivity index (χ4v) is 3.10. The lowest BCUT2D eigenvalue weighted by molar-refractivity contribution is -0.385. The van der Waals surface area contributed by atoms with Gasteiger partial charge >= 0.3 is 5.69 Å². The summed E-state index contributed by atoms with van der Waals surface area (Å²) in [5, 5.41) is 14.2. The van der Waals surface area contributed by atoms with Crippen LogP contribution in [-0.4, -0.2) is 17.9 Å². The first-order valence-corrected chi connectivity index (χ1v) is 8.20. The van der Waals surface area contributed by atoms with Gasteiger partial charge in [-0.1, -0.05) is 30.3 Å². The molecule has 0 aromatic heterocycles. The number of nitro groups is 1. The predicted molar refractivity (Wildman–Crippen MR) is 93.8 cm³/mol. The summed E-state index contributed by atoms with van der Waals surface area (Å²) in [5.41, 5.74) is 2.17. The second-order valence-electron chi connectivity index (χ2n) is 6.26. The summed E-state index contributed by atoms with van der Waals surface area (Å²) in [6.45, 7) is 2.02. The number of carbonyl (C=O) groups is 1. The summed E-state index contributed by atoms with van der Waals surface area (Å²) < 4.78 is 5.14. The molecule has 1 aliphatic rings. The number of hydrogen-bond donors (Lipinski definition) is 1. The molecule has 2 aromatic rings. The summed E-state index contributed by atoms with van der Waals surface area (Å²) in [6.07, 6.45) is 2.12. The van der Waals surface area contributed by atoms with Gasteiger partial charge in [0.05, 0.1) is 23.6 Å². The second kappa shape index (κ2) is 6.93. The monoisotopic (exact) mass is 340 g/mol. The average molecular weight is 340 g/mol. The highest BCUT2D eigenvalue weighted by molar-refractivity contribution is 5.98. The molecule has 0 aliphatic heterocycles. The zero-order valence-electron chi connectivity index (χ0n) is 14.2. The molecular formula is C19H20N2O4. The van der Waals surface area contributed by atoms with E-state index in [0.717, 1.165) is 24.0 Å². The van der Waals surface area contributed by atoms with E-state index in [9.17, 15) is 14.9 Å². The van der Waals surface area contributed by atoms with Crippen molar-refractivity contribution in [3.8, 4) is 5.75 Å². The number of rotatable bonds is 6. The number of hydrogen-bond acceptors (Lipinski definition) is 4. The lowest BCUT2D eigenvalue weighted by atomic mass is 9.97. The molecule has 1 saturated carbocycles. The van der Waals surface area contributed by atoms with Crippen LogP contribution in [0.4, 0.5) is 5.69 Å². The van der Waals surface area contributed by atoms with Crippen LogP contribution >= 0.6 is 0 Å². The third-order valence-electron chi connectivity index (χ3n) is 4.54. The minimum atomic E-state index is -0.546. The summed E-state index contributed by atoms with van der Waals surface area (Å²) in [4.78, 5) is 23.4. The first-order valence-electron chi connectivity index (χ1n) is 8.20. The number of nitrogens with zero attached hydrogens (tertiary/aromatic N) is 1. The molecule has 1 aliphatic carbocycles. The molecule has 0 saturated heterocycles. The van der Waals surface area contributed by atoms with Crippen LogP contribution in [0, 0.1) is 23.0 Å². The van der Waals surface area contributed by atoms with Crippen LogP contribution in [0.2, 0.25) is 0 Å². The maximum Gasteiger partial charge on any atom is 0.311 e. The number of ether oxygens (including phenoxy) is 1. The molecule has 0 bridgehead atoms. The maximum absolute atomic E-state index is 12.8. The molecule has 1 N–H and O–H groups in total. The van der Waals surface area contributed by atoms with Gasteiger partial charge in [0.2, 0.25) is 5.75 Å². The molecule has 25 heavy (non-hydrogen) atoms. The van der Waals surface area contributed by atoms with Crippen LogP contribution in [0.25, 0.3) is 0 Å². The number of nitrogens with one attached hydrogen (secondary N) is 1. The Morgan fingerprint density at radius 3 is 2.56 bits per heavy atom. The number of methoxy groups -OCH3 is 1. The predicted octanol–water partition coefficient (Wildman–Crippen LogP) is 3.79. The van der Waals surface area contributed by atoms with Crippen molar-refractivity contribution in [1.82, 2.24) is 5.32 Å². The van der Waals surface area contributed by atoms with Gasteiger partial charge in [-0.15, -0.1) is 0 Å². The van der Waals surface area contributed by atoms with Gasteiger partial charge in [0.1, 0.15) is 0 Å². The Kier molecular flexibility index (Phi) is 4.70. The molecule has 6 nitrogen and oxygen atoms in total. The smallest absolute Gasteiger partial charge is 0.311 e. The second-order valence-corrected chi connectivity index (χ2v) is 6.26. The van der Waals surface area contributed by atoms with E-state index in [1.807, 2.05) is 31.2 Å². The van der Waals surface area contributed by atoms with Crippen LogP contribution in [0.5, 0.6) is 5.75 Å². The van der Waals surface area contributed by atoms with E-state index in [1.165, 1.54) is 19.2 Å². The Bertz CT molecular complexity index is 815. The Morgan fingerprint density at radius 2 is 1.96 bits per heavy atom. The molecule has 0 spiro atoms. The topological polar surface area (TPSA) is 81.5 Å². The highest BCUT2D eigenvalue weighted by Crippen LogP contribution is 2.42. The van der Waals surface area contributed by atoms with Gasteiger partial charge in [-0.2, -0.15) is 0 Å².